The molecule has 0 aromatic carbocycles. The van der Waals surface area contributed by atoms with E-state index in [-0.39, 0.29) is 18.6 Å². The first kappa shape index (κ1) is 16.7. The van der Waals surface area contributed by atoms with Crippen LogP contribution >= 0.6 is 11.3 Å². The zero-order chi connectivity index (χ0) is 15.1. The third-order valence-corrected chi connectivity index (χ3v) is 4.59. The van der Waals surface area contributed by atoms with E-state index in [9.17, 15) is 4.79 Å². The predicted octanol–water partition coefficient (Wildman–Crippen LogP) is 2.95. The summed E-state index contributed by atoms with van der Waals surface area (Å²) in [5.41, 5.74) is 1.02. The highest BCUT2D eigenvalue weighted by Crippen LogP contribution is 2.21. The lowest BCUT2D eigenvalue weighted by Crippen LogP contribution is -2.36. The Balaban J connectivity index is 2.76. The fourth-order valence-electron chi connectivity index (χ4n) is 1.69. The number of carbonyl (C=O) groups is 1. The van der Waals surface area contributed by atoms with Gasteiger partial charge in [-0.15, -0.1) is 11.3 Å². The van der Waals surface area contributed by atoms with Crippen molar-refractivity contribution in [2.75, 3.05) is 6.61 Å². The van der Waals surface area contributed by atoms with Crippen LogP contribution in [0.15, 0.2) is 6.07 Å². The van der Waals surface area contributed by atoms with E-state index in [2.05, 4.69) is 31.0 Å². The lowest BCUT2D eigenvalue weighted by molar-refractivity contribution is 0.0932. The Hall–Kier alpha value is -1.31. The molecule has 1 rings (SSSR count). The van der Waals surface area contributed by atoms with Gasteiger partial charge in [0.2, 0.25) is 0 Å². The van der Waals surface area contributed by atoms with Gasteiger partial charge in [0.05, 0.1) is 16.4 Å². The van der Waals surface area contributed by atoms with Gasteiger partial charge < -0.3 is 10.4 Å². The second-order valence-electron chi connectivity index (χ2n) is 5.05. The van der Waals surface area contributed by atoms with Gasteiger partial charge in [0.15, 0.2) is 0 Å². The van der Waals surface area contributed by atoms with Crippen molar-refractivity contribution in [2.45, 2.75) is 46.6 Å². The van der Waals surface area contributed by atoms with Crippen LogP contribution in [0, 0.1) is 24.7 Å². The maximum atomic E-state index is 12.2. The maximum absolute atomic E-state index is 12.2. The fraction of sp³-hybridized carbons (Fsp3) is 0.562. The summed E-state index contributed by atoms with van der Waals surface area (Å²) in [5, 5.41) is 11.8. The van der Waals surface area contributed by atoms with Crippen LogP contribution in [0.5, 0.6) is 0 Å². The molecule has 20 heavy (non-hydrogen) atoms. The molecule has 0 saturated heterocycles. The van der Waals surface area contributed by atoms with Gasteiger partial charge >= 0.3 is 0 Å². The largest absolute Gasteiger partial charge is 0.395 e. The normalized spacial score (nSPS) is 13.2. The molecule has 2 unspecified atom stereocenters. The number of aliphatic hydroxyl groups is 1. The smallest absolute Gasteiger partial charge is 0.261 e. The topological polar surface area (TPSA) is 49.3 Å². The molecule has 2 N–H and O–H groups in total. The molecular formula is C16H23NO2S. The number of aliphatic hydroxyl groups excluding tert-OH is 1. The number of hydrogen-bond acceptors (Lipinski definition) is 3. The van der Waals surface area contributed by atoms with Gasteiger partial charge in [0.1, 0.15) is 0 Å². The molecule has 0 bridgehead atoms. The Morgan fingerprint density at radius 2 is 2.20 bits per heavy atom. The second kappa shape index (κ2) is 8.08. The third kappa shape index (κ3) is 4.66. The molecule has 0 aliphatic rings. The van der Waals surface area contributed by atoms with Gasteiger partial charge in [-0.2, -0.15) is 0 Å². The van der Waals surface area contributed by atoms with Gasteiger partial charge in [0, 0.05) is 12.5 Å². The van der Waals surface area contributed by atoms with Crippen LogP contribution in [0.3, 0.4) is 0 Å². The highest BCUT2D eigenvalue weighted by molar-refractivity contribution is 7.14. The van der Waals surface area contributed by atoms with Gasteiger partial charge in [-0.1, -0.05) is 32.1 Å². The summed E-state index contributed by atoms with van der Waals surface area (Å²) >= 11 is 1.41. The number of carbonyl (C=O) groups excluding carboxylic acids is 1. The van der Waals surface area contributed by atoms with E-state index in [0.717, 1.165) is 16.9 Å². The number of aryl methyl sites for hydroxylation is 1. The van der Waals surface area contributed by atoms with E-state index in [1.807, 2.05) is 19.9 Å². The van der Waals surface area contributed by atoms with Crippen LogP contribution in [0.25, 0.3) is 0 Å². The number of rotatable bonds is 5. The lowest BCUT2D eigenvalue weighted by atomic mass is 10.0. The molecule has 0 spiro atoms. The van der Waals surface area contributed by atoms with Crippen molar-refractivity contribution in [3.05, 3.63) is 21.4 Å². The average molecular weight is 293 g/mol. The number of amides is 1. The molecule has 0 aliphatic heterocycles. The standard InChI is InChI=1S/C16H23NO2S/c1-5-11(2)13(4)17-16(19)15-10-12(3)14(20-15)8-6-7-9-18/h10-11,13,18H,5,7,9H2,1-4H3,(H,17,19). The lowest BCUT2D eigenvalue weighted by Gasteiger charge is -2.19. The molecule has 110 valence electrons. The van der Waals surface area contributed by atoms with E-state index in [1.165, 1.54) is 11.3 Å². The maximum Gasteiger partial charge on any atom is 0.261 e. The second-order valence-corrected chi connectivity index (χ2v) is 6.10. The van der Waals surface area contributed by atoms with Crippen LogP contribution in [0.4, 0.5) is 0 Å². The Morgan fingerprint density at radius 1 is 1.50 bits per heavy atom. The van der Waals surface area contributed by atoms with E-state index in [0.29, 0.717) is 17.2 Å². The summed E-state index contributed by atoms with van der Waals surface area (Å²) in [6, 6.07) is 2.05. The third-order valence-electron chi connectivity index (χ3n) is 3.44. The van der Waals surface area contributed by atoms with E-state index in [4.69, 9.17) is 5.11 Å². The average Bonchev–Trinajstić information content (AvgIpc) is 2.79. The first-order chi connectivity index (χ1) is 9.49. The van der Waals surface area contributed by atoms with Crippen molar-refractivity contribution in [3.8, 4) is 11.8 Å². The van der Waals surface area contributed by atoms with Crippen molar-refractivity contribution < 1.29 is 9.90 Å². The molecule has 1 heterocycles. The molecule has 0 aliphatic carbocycles. The fourth-order valence-corrected chi connectivity index (χ4v) is 2.64. The molecule has 0 radical (unpaired) electrons. The van der Waals surface area contributed by atoms with E-state index >= 15 is 0 Å². The SMILES string of the molecule is CCC(C)C(C)NC(=O)c1cc(C)c(C#CCCO)s1. The Kier molecular flexibility index (Phi) is 6.77. The van der Waals surface area contributed by atoms with Crippen molar-refractivity contribution in [3.63, 3.8) is 0 Å². The van der Waals surface area contributed by atoms with E-state index in [1.54, 1.807) is 0 Å². The van der Waals surface area contributed by atoms with Crippen molar-refractivity contribution in [2.24, 2.45) is 5.92 Å². The Morgan fingerprint density at radius 3 is 2.80 bits per heavy atom. The van der Waals surface area contributed by atoms with Crippen molar-refractivity contribution in [1.82, 2.24) is 5.32 Å². The first-order valence-corrected chi connectivity index (χ1v) is 7.82. The monoisotopic (exact) mass is 293 g/mol. The van der Waals surface area contributed by atoms with Crippen LogP contribution in [0.1, 0.15) is 53.7 Å². The summed E-state index contributed by atoms with van der Waals surface area (Å²) in [5.74, 6) is 6.33. The zero-order valence-corrected chi connectivity index (χ0v) is 13.4. The molecule has 1 amide bonds. The summed E-state index contributed by atoms with van der Waals surface area (Å²) in [4.78, 5) is 13.8. The van der Waals surface area contributed by atoms with Crippen LogP contribution in [0.2, 0.25) is 0 Å². The van der Waals surface area contributed by atoms with Gasteiger partial charge in [-0.25, -0.2) is 0 Å². The number of thiophene rings is 1. The van der Waals surface area contributed by atoms with Crippen LogP contribution in [-0.4, -0.2) is 23.7 Å². The summed E-state index contributed by atoms with van der Waals surface area (Å²) in [6.07, 6.45) is 1.51. The zero-order valence-electron chi connectivity index (χ0n) is 12.6. The Bertz CT molecular complexity index is 510. The van der Waals surface area contributed by atoms with Gasteiger partial charge in [0.25, 0.3) is 5.91 Å². The summed E-state index contributed by atoms with van der Waals surface area (Å²) in [7, 11) is 0. The number of nitrogens with one attached hydrogen (secondary N) is 1. The molecule has 0 saturated carbocycles. The first-order valence-electron chi connectivity index (χ1n) is 7.00. The highest BCUT2D eigenvalue weighted by Gasteiger charge is 2.16. The quantitative estimate of drug-likeness (QED) is 0.820. The van der Waals surface area contributed by atoms with Crippen LogP contribution < -0.4 is 5.32 Å². The minimum absolute atomic E-state index is 0.0268. The van der Waals surface area contributed by atoms with Crippen molar-refractivity contribution in [1.29, 1.82) is 0 Å². The minimum Gasteiger partial charge on any atom is -0.395 e. The molecule has 2 atom stereocenters. The van der Waals surface area contributed by atoms with Gasteiger partial charge in [-0.05, 0) is 31.4 Å². The molecule has 0 fully saturated rings. The minimum atomic E-state index is -0.0268. The molecule has 3 nitrogen and oxygen atoms in total. The predicted molar refractivity (Wildman–Crippen MR) is 84.0 cm³/mol. The van der Waals surface area contributed by atoms with Gasteiger partial charge in [-0.3, -0.25) is 4.79 Å². The molecule has 1 aromatic rings. The molecule has 1 aromatic heterocycles. The molecule has 4 heteroatoms. The van der Waals surface area contributed by atoms with Crippen LogP contribution in [-0.2, 0) is 0 Å². The highest BCUT2D eigenvalue weighted by atomic mass is 32.1. The summed E-state index contributed by atoms with van der Waals surface area (Å²) in [6.45, 7) is 8.31. The van der Waals surface area contributed by atoms with E-state index < -0.39 is 0 Å². The Labute approximate surface area is 125 Å². The molecular weight excluding hydrogens is 270 g/mol. The summed E-state index contributed by atoms with van der Waals surface area (Å²) < 4.78 is 0. The van der Waals surface area contributed by atoms with Crippen molar-refractivity contribution >= 4 is 17.2 Å². The number of hydrogen-bond donors (Lipinski definition) is 2.